The van der Waals surface area contributed by atoms with Crippen LogP contribution in [-0.4, -0.2) is 48.8 Å². The van der Waals surface area contributed by atoms with Crippen molar-refractivity contribution in [2.45, 2.75) is 52.5 Å². The lowest BCUT2D eigenvalue weighted by Gasteiger charge is -2.33. The van der Waals surface area contributed by atoms with Crippen LogP contribution in [0.3, 0.4) is 0 Å². The molecular formula is C15H32N2O. The standard InChI is InChI=1S/C15H32N2O/c1-4-17(5-2)10-9-16-15(12-18)14-8-6-7-13(3)11-14/h13-16,18H,4-12H2,1-3H3. The Morgan fingerprint density at radius 1 is 1.28 bits per heavy atom. The van der Waals surface area contributed by atoms with Crippen LogP contribution >= 0.6 is 0 Å². The Morgan fingerprint density at radius 2 is 2.00 bits per heavy atom. The van der Waals surface area contributed by atoms with E-state index in [1.807, 2.05) is 0 Å². The molecule has 0 aromatic rings. The molecule has 0 saturated heterocycles. The first-order valence-corrected chi connectivity index (χ1v) is 7.77. The minimum absolute atomic E-state index is 0.287. The van der Waals surface area contributed by atoms with Gasteiger partial charge in [-0.25, -0.2) is 0 Å². The maximum absolute atomic E-state index is 9.57. The van der Waals surface area contributed by atoms with Crippen molar-refractivity contribution in [3.05, 3.63) is 0 Å². The maximum atomic E-state index is 9.57. The van der Waals surface area contributed by atoms with Crippen molar-refractivity contribution in [2.24, 2.45) is 11.8 Å². The minimum Gasteiger partial charge on any atom is -0.395 e. The predicted octanol–water partition coefficient (Wildman–Crippen LogP) is 2.10. The average molecular weight is 256 g/mol. The molecule has 0 aromatic carbocycles. The van der Waals surface area contributed by atoms with Crippen LogP contribution in [0.4, 0.5) is 0 Å². The number of hydrogen-bond acceptors (Lipinski definition) is 3. The summed E-state index contributed by atoms with van der Waals surface area (Å²) in [5, 5.41) is 13.1. The largest absolute Gasteiger partial charge is 0.395 e. The highest BCUT2D eigenvalue weighted by Crippen LogP contribution is 2.30. The van der Waals surface area contributed by atoms with E-state index in [1.165, 1.54) is 25.7 Å². The first-order chi connectivity index (χ1) is 8.71. The van der Waals surface area contributed by atoms with Crippen molar-refractivity contribution in [1.82, 2.24) is 10.2 Å². The van der Waals surface area contributed by atoms with Crippen LogP contribution < -0.4 is 5.32 Å². The van der Waals surface area contributed by atoms with E-state index in [4.69, 9.17) is 0 Å². The van der Waals surface area contributed by atoms with Crippen LogP contribution in [0.25, 0.3) is 0 Å². The molecule has 18 heavy (non-hydrogen) atoms. The highest BCUT2D eigenvalue weighted by atomic mass is 16.3. The van der Waals surface area contributed by atoms with E-state index in [0.29, 0.717) is 12.0 Å². The molecule has 0 bridgehead atoms. The summed E-state index contributed by atoms with van der Waals surface area (Å²) < 4.78 is 0. The van der Waals surface area contributed by atoms with Gasteiger partial charge < -0.3 is 15.3 Å². The van der Waals surface area contributed by atoms with E-state index in [0.717, 1.165) is 32.1 Å². The van der Waals surface area contributed by atoms with E-state index in [9.17, 15) is 5.11 Å². The zero-order valence-corrected chi connectivity index (χ0v) is 12.5. The second-order valence-electron chi connectivity index (χ2n) is 5.80. The van der Waals surface area contributed by atoms with Crippen molar-refractivity contribution >= 4 is 0 Å². The molecule has 1 aliphatic rings. The molecule has 0 aliphatic heterocycles. The Labute approximate surface area is 113 Å². The Kier molecular flexibility index (Phi) is 7.87. The SMILES string of the molecule is CCN(CC)CCNC(CO)C1CCCC(C)C1. The highest BCUT2D eigenvalue weighted by Gasteiger charge is 2.25. The Bertz CT molecular complexity index is 207. The van der Waals surface area contributed by atoms with Crippen LogP contribution in [0.15, 0.2) is 0 Å². The van der Waals surface area contributed by atoms with Crippen molar-refractivity contribution in [3.8, 4) is 0 Å². The van der Waals surface area contributed by atoms with Gasteiger partial charge in [-0.15, -0.1) is 0 Å². The van der Waals surface area contributed by atoms with Gasteiger partial charge >= 0.3 is 0 Å². The lowest BCUT2D eigenvalue weighted by atomic mass is 9.79. The van der Waals surface area contributed by atoms with Crippen LogP contribution in [-0.2, 0) is 0 Å². The molecule has 3 heteroatoms. The van der Waals surface area contributed by atoms with E-state index < -0.39 is 0 Å². The first kappa shape index (κ1) is 15.9. The number of aliphatic hydroxyl groups excluding tert-OH is 1. The zero-order chi connectivity index (χ0) is 13.4. The van der Waals surface area contributed by atoms with Gasteiger partial charge in [0.05, 0.1) is 6.61 Å². The van der Waals surface area contributed by atoms with Gasteiger partial charge in [0.1, 0.15) is 0 Å². The number of nitrogens with zero attached hydrogens (tertiary/aromatic N) is 1. The normalized spacial score (nSPS) is 26.5. The summed E-state index contributed by atoms with van der Waals surface area (Å²) in [6, 6.07) is 0.309. The number of hydrogen-bond donors (Lipinski definition) is 2. The molecule has 1 saturated carbocycles. The Balaban J connectivity index is 2.28. The molecule has 1 aliphatic carbocycles. The van der Waals surface area contributed by atoms with Crippen molar-refractivity contribution in [3.63, 3.8) is 0 Å². The third-order valence-electron chi connectivity index (χ3n) is 4.47. The summed E-state index contributed by atoms with van der Waals surface area (Å²) >= 11 is 0. The maximum Gasteiger partial charge on any atom is 0.0587 e. The van der Waals surface area contributed by atoms with Gasteiger partial charge in [-0.3, -0.25) is 0 Å². The summed E-state index contributed by atoms with van der Waals surface area (Å²) in [5.74, 6) is 1.51. The molecule has 1 fully saturated rings. The molecule has 0 heterocycles. The van der Waals surface area contributed by atoms with Gasteiger partial charge in [0.15, 0.2) is 0 Å². The lowest BCUT2D eigenvalue weighted by molar-refractivity contribution is 0.150. The number of nitrogens with one attached hydrogen (secondary N) is 1. The number of aliphatic hydroxyl groups is 1. The van der Waals surface area contributed by atoms with E-state index in [1.54, 1.807) is 0 Å². The van der Waals surface area contributed by atoms with Gasteiger partial charge in [0.2, 0.25) is 0 Å². The molecular weight excluding hydrogens is 224 g/mol. The van der Waals surface area contributed by atoms with Crippen molar-refractivity contribution < 1.29 is 5.11 Å². The quantitative estimate of drug-likeness (QED) is 0.698. The summed E-state index contributed by atoms with van der Waals surface area (Å²) in [6.45, 7) is 11.4. The second kappa shape index (κ2) is 8.89. The highest BCUT2D eigenvalue weighted by molar-refractivity contribution is 4.81. The fourth-order valence-electron chi connectivity index (χ4n) is 3.17. The summed E-state index contributed by atoms with van der Waals surface area (Å²) in [7, 11) is 0. The van der Waals surface area contributed by atoms with Crippen molar-refractivity contribution in [1.29, 1.82) is 0 Å². The molecule has 3 unspecified atom stereocenters. The molecule has 0 radical (unpaired) electrons. The summed E-state index contributed by atoms with van der Waals surface area (Å²) in [6.07, 6.45) is 5.27. The van der Waals surface area contributed by atoms with Gasteiger partial charge in [0.25, 0.3) is 0 Å². The van der Waals surface area contributed by atoms with E-state index in [2.05, 4.69) is 31.0 Å². The molecule has 108 valence electrons. The average Bonchev–Trinajstić information content (AvgIpc) is 2.39. The summed E-state index contributed by atoms with van der Waals surface area (Å²) in [4.78, 5) is 2.42. The molecule has 3 atom stereocenters. The molecule has 1 rings (SSSR count). The second-order valence-corrected chi connectivity index (χ2v) is 5.80. The Morgan fingerprint density at radius 3 is 2.56 bits per heavy atom. The van der Waals surface area contributed by atoms with E-state index in [-0.39, 0.29) is 6.61 Å². The molecule has 3 nitrogen and oxygen atoms in total. The van der Waals surface area contributed by atoms with Crippen LogP contribution in [0.1, 0.15) is 46.5 Å². The smallest absolute Gasteiger partial charge is 0.0587 e. The molecule has 0 aromatic heterocycles. The van der Waals surface area contributed by atoms with Crippen LogP contribution in [0.5, 0.6) is 0 Å². The van der Waals surface area contributed by atoms with Gasteiger partial charge in [-0.1, -0.05) is 33.6 Å². The number of likely N-dealkylation sites (N-methyl/N-ethyl adjacent to an activating group) is 1. The fourth-order valence-corrected chi connectivity index (χ4v) is 3.17. The molecule has 0 spiro atoms. The lowest BCUT2D eigenvalue weighted by Crippen LogP contribution is -2.44. The molecule has 2 N–H and O–H groups in total. The zero-order valence-electron chi connectivity index (χ0n) is 12.5. The fraction of sp³-hybridized carbons (Fsp3) is 1.00. The summed E-state index contributed by atoms with van der Waals surface area (Å²) in [5.41, 5.74) is 0. The molecule has 0 amide bonds. The third kappa shape index (κ3) is 5.25. The van der Waals surface area contributed by atoms with Crippen molar-refractivity contribution in [2.75, 3.05) is 32.8 Å². The third-order valence-corrected chi connectivity index (χ3v) is 4.47. The van der Waals surface area contributed by atoms with E-state index >= 15 is 0 Å². The predicted molar refractivity (Wildman–Crippen MR) is 77.8 cm³/mol. The van der Waals surface area contributed by atoms with Gasteiger partial charge in [0, 0.05) is 19.1 Å². The Hall–Kier alpha value is -0.120. The number of rotatable bonds is 8. The topological polar surface area (TPSA) is 35.5 Å². The minimum atomic E-state index is 0.287. The van der Waals surface area contributed by atoms with Crippen LogP contribution in [0, 0.1) is 11.8 Å². The van der Waals surface area contributed by atoms with Crippen LogP contribution in [0.2, 0.25) is 0 Å². The first-order valence-electron chi connectivity index (χ1n) is 7.77. The van der Waals surface area contributed by atoms with Gasteiger partial charge in [-0.2, -0.15) is 0 Å². The van der Waals surface area contributed by atoms with Gasteiger partial charge in [-0.05, 0) is 37.8 Å². The monoisotopic (exact) mass is 256 g/mol.